The molecule has 0 saturated heterocycles. The number of ether oxygens (including phenoxy) is 1. The maximum Gasteiger partial charge on any atom is 0.336 e. The molecule has 0 aromatic rings. The van der Waals surface area contributed by atoms with Crippen LogP contribution in [0.5, 0.6) is 0 Å². The summed E-state index contributed by atoms with van der Waals surface area (Å²) in [5.74, 6) is -0.384. The van der Waals surface area contributed by atoms with Crippen LogP contribution in [0.4, 0.5) is 0 Å². The second-order valence-electron chi connectivity index (χ2n) is 13.4. The van der Waals surface area contributed by atoms with Gasteiger partial charge in [0.2, 0.25) is 5.79 Å². The summed E-state index contributed by atoms with van der Waals surface area (Å²) in [6, 6.07) is 0. The highest BCUT2D eigenvalue weighted by atomic mass is 16.7. The summed E-state index contributed by atoms with van der Waals surface area (Å²) < 4.78 is 5.36. The Morgan fingerprint density at radius 1 is 1.12 bits per heavy atom. The predicted molar refractivity (Wildman–Crippen MR) is 133 cm³/mol. The van der Waals surface area contributed by atoms with Crippen molar-refractivity contribution in [2.24, 2.45) is 39.4 Å². The van der Waals surface area contributed by atoms with Gasteiger partial charge in [0.05, 0.1) is 0 Å². The molecule has 4 nitrogen and oxygen atoms in total. The highest BCUT2D eigenvalue weighted by molar-refractivity contribution is 5.90. The second kappa shape index (κ2) is 7.18. The Labute approximate surface area is 204 Å². The van der Waals surface area contributed by atoms with Gasteiger partial charge in [-0.25, -0.2) is 4.79 Å². The topological polar surface area (TPSA) is 63.6 Å². The van der Waals surface area contributed by atoms with Crippen molar-refractivity contribution in [1.29, 1.82) is 0 Å². The first-order valence-electron chi connectivity index (χ1n) is 13.3. The number of Topliss-reactive ketones (excluding diaryl/α,β-unsaturated/α-hetero) is 1. The van der Waals surface area contributed by atoms with Crippen molar-refractivity contribution in [3.05, 3.63) is 34.9 Å². The van der Waals surface area contributed by atoms with Crippen LogP contribution in [0.2, 0.25) is 0 Å². The summed E-state index contributed by atoms with van der Waals surface area (Å²) in [7, 11) is 0. The van der Waals surface area contributed by atoms with Gasteiger partial charge in [-0.2, -0.15) is 0 Å². The molecule has 0 bridgehead atoms. The van der Waals surface area contributed by atoms with Gasteiger partial charge in [-0.3, -0.25) is 4.79 Å². The number of rotatable bonds is 3. The van der Waals surface area contributed by atoms with Crippen LogP contribution in [0.3, 0.4) is 0 Å². The summed E-state index contributed by atoms with van der Waals surface area (Å²) in [5, 5.41) is 11.0. The van der Waals surface area contributed by atoms with Crippen LogP contribution in [-0.2, 0) is 14.3 Å². The average Bonchev–Trinajstić information content (AvgIpc) is 3.17. The molecule has 0 amide bonds. The van der Waals surface area contributed by atoms with E-state index in [0.717, 1.165) is 32.1 Å². The van der Waals surface area contributed by atoms with Crippen molar-refractivity contribution in [2.45, 2.75) is 99.2 Å². The van der Waals surface area contributed by atoms with Gasteiger partial charge in [0.1, 0.15) is 5.78 Å². The Morgan fingerprint density at radius 2 is 1.82 bits per heavy atom. The van der Waals surface area contributed by atoms with Crippen molar-refractivity contribution in [2.75, 3.05) is 0 Å². The average molecular weight is 467 g/mol. The normalized spacial score (nSPS) is 45.9. The fraction of sp³-hybridized carbons (Fsp3) is 0.733. The van der Waals surface area contributed by atoms with E-state index < -0.39 is 11.8 Å². The highest BCUT2D eigenvalue weighted by Gasteiger charge is 2.62. The van der Waals surface area contributed by atoms with Gasteiger partial charge in [0, 0.05) is 23.8 Å². The fourth-order valence-electron chi connectivity index (χ4n) is 8.94. The number of allylic oxidation sites excluding steroid dienone is 4. The van der Waals surface area contributed by atoms with E-state index in [0.29, 0.717) is 36.0 Å². The molecule has 2 saturated carbocycles. The van der Waals surface area contributed by atoms with E-state index in [1.165, 1.54) is 11.1 Å². The van der Waals surface area contributed by atoms with Crippen LogP contribution in [0.25, 0.3) is 0 Å². The smallest absolute Gasteiger partial charge is 0.336 e. The number of esters is 1. The van der Waals surface area contributed by atoms with E-state index in [9.17, 15) is 14.7 Å². The molecule has 0 spiro atoms. The van der Waals surface area contributed by atoms with Crippen molar-refractivity contribution < 1.29 is 19.4 Å². The zero-order valence-corrected chi connectivity index (χ0v) is 22.1. The predicted octanol–water partition coefficient (Wildman–Crippen LogP) is 6.30. The second-order valence-corrected chi connectivity index (χ2v) is 13.4. The summed E-state index contributed by atoms with van der Waals surface area (Å²) in [4.78, 5) is 24.7. The zero-order valence-electron chi connectivity index (χ0n) is 22.1. The number of aliphatic hydroxyl groups is 1. The lowest BCUT2D eigenvalue weighted by atomic mass is 9.43. The number of cyclic esters (lactones) is 1. The third-order valence-corrected chi connectivity index (χ3v) is 11.6. The lowest BCUT2D eigenvalue weighted by Gasteiger charge is -2.60. The molecule has 186 valence electrons. The molecule has 1 aliphatic heterocycles. The molecular formula is C30H42O4. The quantitative estimate of drug-likeness (QED) is 0.496. The molecule has 0 aromatic carbocycles. The molecule has 5 rings (SSSR count). The van der Waals surface area contributed by atoms with Gasteiger partial charge >= 0.3 is 5.97 Å². The van der Waals surface area contributed by atoms with E-state index in [2.05, 4.69) is 53.7 Å². The lowest BCUT2D eigenvalue weighted by molar-refractivity contribution is -0.188. The Bertz CT molecular complexity index is 1050. The highest BCUT2D eigenvalue weighted by Crippen LogP contribution is 2.70. The minimum Gasteiger partial charge on any atom is -0.426 e. The summed E-state index contributed by atoms with van der Waals surface area (Å²) in [6.07, 6.45) is 12.9. The molecule has 1 N–H and O–H groups in total. The third-order valence-electron chi connectivity index (χ3n) is 11.6. The van der Waals surface area contributed by atoms with Gasteiger partial charge in [0.15, 0.2) is 0 Å². The molecule has 7 unspecified atom stereocenters. The SMILES string of the molecule is CC1=CC(O)(CC(C)C2(C)CC=C3C4=CCC5C(C)(C)C(=O)CCC5(C)C4CCC32C)OC1=O. The van der Waals surface area contributed by atoms with Crippen molar-refractivity contribution in [1.82, 2.24) is 0 Å². The first kappa shape index (κ1) is 24.0. The maximum atomic E-state index is 12.8. The van der Waals surface area contributed by atoms with Crippen molar-refractivity contribution in [3.8, 4) is 0 Å². The summed E-state index contributed by atoms with van der Waals surface area (Å²) in [6.45, 7) is 15.5. The molecule has 5 aliphatic rings. The Balaban J connectivity index is 1.44. The molecule has 34 heavy (non-hydrogen) atoms. The van der Waals surface area contributed by atoms with Crippen LogP contribution in [-0.4, -0.2) is 22.6 Å². The van der Waals surface area contributed by atoms with Crippen LogP contribution in [0.1, 0.15) is 93.4 Å². The first-order chi connectivity index (χ1) is 15.7. The molecule has 1 heterocycles. The number of hydrogen-bond acceptors (Lipinski definition) is 4. The van der Waals surface area contributed by atoms with E-state index in [1.54, 1.807) is 13.0 Å². The van der Waals surface area contributed by atoms with E-state index >= 15 is 0 Å². The number of carbonyl (C=O) groups excluding carboxylic acids is 2. The Kier molecular flexibility index (Phi) is 5.08. The van der Waals surface area contributed by atoms with E-state index in [1.807, 2.05) is 0 Å². The lowest BCUT2D eigenvalue weighted by Crippen LogP contribution is -2.55. The van der Waals surface area contributed by atoms with Crippen LogP contribution in [0, 0.1) is 39.4 Å². The summed E-state index contributed by atoms with van der Waals surface area (Å²) in [5.41, 5.74) is 3.45. The van der Waals surface area contributed by atoms with Gasteiger partial charge in [-0.15, -0.1) is 0 Å². The molecular weight excluding hydrogens is 424 g/mol. The number of ketones is 1. The number of hydrogen-bond donors (Lipinski definition) is 1. The Hall–Kier alpha value is -1.68. The number of carbonyl (C=O) groups is 2. The fourth-order valence-corrected chi connectivity index (χ4v) is 8.94. The Morgan fingerprint density at radius 3 is 2.47 bits per heavy atom. The van der Waals surface area contributed by atoms with Crippen molar-refractivity contribution >= 4 is 11.8 Å². The third kappa shape index (κ3) is 2.99. The number of fused-ring (bicyclic) bond motifs is 5. The minimum absolute atomic E-state index is 0.0235. The van der Waals surface area contributed by atoms with Gasteiger partial charge in [0.25, 0.3) is 0 Å². The molecule has 0 radical (unpaired) electrons. The minimum atomic E-state index is -1.50. The van der Waals surface area contributed by atoms with E-state index in [4.69, 9.17) is 4.74 Å². The van der Waals surface area contributed by atoms with Crippen LogP contribution in [0.15, 0.2) is 34.9 Å². The zero-order chi connectivity index (χ0) is 24.9. The summed E-state index contributed by atoms with van der Waals surface area (Å²) >= 11 is 0. The molecule has 2 fully saturated rings. The van der Waals surface area contributed by atoms with Crippen molar-refractivity contribution in [3.63, 3.8) is 0 Å². The standard InChI is InChI=1S/C30H42O4/c1-18-16-30(33,34-25(18)32)17-19(2)28(6)14-11-22-20-8-9-23-26(3,4)24(31)12-13-27(23,5)21(20)10-15-29(22,28)7/h8,11,16,19,21,23,33H,9-10,12-15,17H2,1-7H3. The van der Waals surface area contributed by atoms with E-state index in [-0.39, 0.29) is 27.6 Å². The monoisotopic (exact) mass is 466 g/mol. The molecule has 0 aromatic heterocycles. The van der Waals surface area contributed by atoms with Crippen LogP contribution >= 0.6 is 0 Å². The van der Waals surface area contributed by atoms with Gasteiger partial charge in [-0.05, 0) is 90.2 Å². The molecule has 4 heteroatoms. The first-order valence-corrected chi connectivity index (χ1v) is 13.3. The van der Waals surface area contributed by atoms with Crippen LogP contribution < -0.4 is 0 Å². The molecule has 4 aliphatic carbocycles. The molecule has 7 atom stereocenters. The largest absolute Gasteiger partial charge is 0.426 e. The van der Waals surface area contributed by atoms with Gasteiger partial charge in [-0.1, -0.05) is 53.7 Å². The van der Waals surface area contributed by atoms with Gasteiger partial charge < -0.3 is 9.84 Å². The maximum absolute atomic E-state index is 12.8.